The molecule has 0 saturated carbocycles. The molecule has 0 unspecified atom stereocenters. The molecule has 0 atom stereocenters. The molecule has 1 N–H and O–H groups in total. The smallest absolute Gasteiger partial charge is 0.104 e. The zero-order valence-electron chi connectivity index (χ0n) is 10.1. The minimum absolute atomic E-state index is 0.113. The van der Waals surface area contributed by atoms with E-state index in [9.17, 15) is 0 Å². The predicted octanol–water partition coefficient (Wildman–Crippen LogP) is 1.58. The topological polar surface area (TPSA) is 38.7 Å². The average molecular weight is 234 g/mol. The molecule has 1 aromatic rings. The number of benzene rings is 1. The van der Waals surface area contributed by atoms with Crippen molar-refractivity contribution in [2.24, 2.45) is 0 Å². The fraction of sp³-hybridized carbons (Fsp3) is 0.429. The van der Waals surface area contributed by atoms with Gasteiger partial charge in [0.15, 0.2) is 0 Å². The van der Waals surface area contributed by atoms with Crippen LogP contribution in [0.3, 0.4) is 0 Å². The van der Waals surface area contributed by atoms with E-state index >= 15 is 0 Å². The molecule has 1 aromatic carbocycles. The van der Waals surface area contributed by atoms with Crippen LogP contribution in [0.25, 0.3) is 0 Å². The normalized spacial score (nSPS) is 9.76. The highest BCUT2D eigenvalue weighted by molar-refractivity contribution is 5.36. The molecule has 0 aliphatic carbocycles. The molecule has 17 heavy (non-hydrogen) atoms. The Morgan fingerprint density at radius 2 is 2.18 bits per heavy atom. The van der Waals surface area contributed by atoms with E-state index < -0.39 is 0 Å². The van der Waals surface area contributed by atoms with Crippen molar-refractivity contribution < 1.29 is 14.6 Å². The largest absolute Gasteiger partial charge is 0.385 e. The van der Waals surface area contributed by atoms with Crippen molar-refractivity contribution in [3.8, 4) is 11.8 Å². The Balaban J connectivity index is 2.38. The first-order valence-electron chi connectivity index (χ1n) is 5.62. The average Bonchev–Trinajstić information content (AvgIpc) is 2.37. The maximum absolute atomic E-state index is 8.61. The zero-order valence-corrected chi connectivity index (χ0v) is 10.1. The van der Waals surface area contributed by atoms with Crippen molar-refractivity contribution in [1.82, 2.24) is 0 Å². The van der Waals surface area contributed by atoms with Gasteiger partial charge in [0, 0.05) is 25.9 Å². The Hall–Kier alpha value is -1.34. The molecular formula is C14H18O3. The third-order valence-electron chi connectivity index (χ3n) is 2.14. The molecule has 3 heteroatoms. The number of ether oxygens (including phenoxy) is 2. The van der Waals surface area contributed by atoms with Gasteiger partial charge < -0.3 is 14.6 Å². The summed E-state index contributed by atoms with van der Waals surface area (Å²) in [5.41, 5.74) is 1.99. The van der Waals surface area contributed by atoms with Gasteiger partial charge in [0.1, 0.15) is 6.61 Å². The molecule has 0 aliphatic rings. The summed E-state index contributed by atoms with van der Waals surface area (Å²) in [5.74, 6) is 5.49. The molecule has 0 fully saturated rings. The number of aliphatic hydroxyl groups is 1. The summed E-state index contributed by atoms with van der Waals surface area (Å²) in [4.78, 5) is 0. The molecule has 0 radical (unpaired) electrons. The summed E-state index contributed by atoms with van der Waals surface area (Å²) in [6, 6.07) is 7.83. The van der Waals surface area contributed by atoms with Crippen molar-refractivity contribution in [2.75, 3.05) is 26.9 Å². The van der Waals surface area contributed by atoms with E-state index in [0.717, 1.165) is 24.2 Å². The summed E-state index contributed by atoms with van der Waals surface area (Å²) >= 11 is 0. The molecule has 0 aliphatic heterocycles. The molecule has 3 nitrogen and oxygen atoms in total. The van der Waals surface area contributed by atoms with E-state index in [0.29, 0.717) is 13.2 Å². The maximum Gasteiger partial charge on any atom is 0.104 e. The van der Waals surface area contributed by atoms with Gasteiger partial charge in [0.05, 0.1) is 6.61 Å². The second-order valence-electron chi connectivity index (χ2n) is 3.56. The number of aliphatic hydroxyl groups excluding tert-OH is 1. The van der Waals surface area contributed by atoms with Crippen LogP contribution >= 0.6 is 0 Å². The maximum atomic E-state index is 8.61. The van der Waals surface area contributed by atoms with Crippen molar-refractivity contribution in [3.05, 3.63) is 35.4 Å². The lowest BCUT2D eigenvalue weighted by atomic mass is 10.1. The third kappa shape index (κ3) is 6.08. The van der Waals surface area contributed by atoms with Crippen LogP contribution in [0.15, 0.2) is 24.3 Å². The lowest BCUT2D eigenvalue weighted by molar-refractivity contribution is 0.0928. The van der Waals surface area contributed by atoms with Gasteiger partial charge in [-0.05, 0) is 24.1 Å². The SMILES string of the molecule is COCCCOCc1cccc(C#CCO)c1. The van der Waals surface area contributed by atoms with Gasteiger partial charge >= 0.3 is 0 Å². The molecule has 0 bridgehead atoms. The zero-order chi connectivity index (χ0) is 12.3. The number of methoxy groups -OCH3 is 1. The van der Waals surface area contributed by atoms with E-state index in [1.807, 2.05) is 24.3 Å². The van der Waals surface area contributed by atoms with Crippen LogP contribution in [-0.4, -0.2) is 32.0 Å². The first-order valence-corrected chi connectivity index (χ1v) is 5.62. The van der Waals surface area contributed by atoms with Gasteiger partial charge in [0.2, 0.25) is 0 Å². The fourth-order valence-corrected chi connectivity index (χ4v) is 1.38. The van der Waals surface area contributed by atoms with Gasteiger partial charge in [0.25, 0.3) is 0 Å². The van der Waals surface area contributed by atoms with Crippen molar-refractivity contribution in [3.63, 3.8) is 0 Å². The van der Waals surface area contributed by atoms with Gasteiger partial charge in [-0.15, -0.1) is 0 Å². The van der Waals surface area contributed by atoms with E-state index in [4.69, 9.17) is 14.6 Å². The predicted molar refractivity (Wildman–Crippen MR) is 66.6 cm³/mol. The summed E-state index contributed by atoms with van der Waals surface area (Å²) in [6.45, 7) is 1.89. The molecule has 0 spiro atoms. The summed E-state index contributed by atoms with van der Waals surface area (Å²) in [6.07, 6.45) is 0.903. The van der Waals surface area contributed by atoms with E-state index in [1.54, 1.807) is 7.11 Å². The molecule has 1 rings (SSSR count). The number of rotatable bonds is 6. The van der Waals surface area contributed by atoms with Gasteiger partial charge in [-0.25, -0.2) is 0 Å². The van der Waals surface area contributed by atoms with Crippen LogP contribution in [0, 0.1) is 11.8 Å². The standard InChI is InChI=1S/C14H18O3/c1-16-9-4-10-17-12-14-6-2-5-13(11-14)7-3-8-15/h2,5-6,11,15H,4,8-10,12H2,1H3. The van der Waals surface area contributed by atoms with Crippen LogP contribution in [0.5, 0.6) is 0 Å². The molecular weight excluding hydrogens is 216 g/mol. The first-order chi connectivity index (χ1) is 8.36. The molecule has 0 aromatic heterocycles. The minimum atomic E-state index is -0.113. The summed E-state index contributed by atoms with van der Waals surface area (Å²) in [7, 11) is 1.68. The Bertz CT molecular complexity index is 377. The Labute approximate surface area is 102 Å². The molecule has 0 amide bonds. The third-order valence-corrected chi connectivity index (χ3v) is 2.14. The van der Waals surface area contributed by atoms with Gasteiger partial charge in [-0.3, -0.25) is 0 Å². The Morgan fingerprint density at radius 1 is 1.29 bits per heavy atom. The molecule has 0 heterocycles. The molecule has 0 saturated heterocycles. The van der Waals surface area contributed by atoms with Crippen LogP contribution in [0.1, 0.15) is 17.5 Å². The summed E-state index contributed by atoms with van der Waals surface area (Å²) in [5, 5.41) is 8.61. The highest BCUT2D eigenvalue weighted by atomic mass is 16.5. The second-order valence-corrected chi connectivity index (χ2v) is 3.56. The number of hydrogen-bond acceptors (Lipinski definition) is 3. The molecule has 92 valence electrons. The Kier molecular flexibility index (Phi) is 7.08. The van der Waals surface area contributed by atoms with Crippen LogP contribution in [0.4, 0.5) is 0 Å². The highest BCUT2D eigenvalue weighted by Gasteiger charge is 1.94. The van der Waals surface area contributed by atoms with Gasteiger partial charge in [-0.1, -0.05) is 24.0 Å². The van der Waals surface area contributed by atoms with Gasteiger partial charge in [-0.2, -0.15) is 0 Å². The quantitative estimate of drug-likeness (QED) is 0.600. The minimum Gasteiger partial charge on any atom is -0.385 e. The van der Waals surface area contributed by atoms with Crippen LogP contribution < -0.4 is 0 Å². The summed E-state index contributed by atoms with van der Waals surface area (Å²) < 4.78 is 10.4. The van der Waals surface area contributed by atoms with Crippen LogP contribution in [-0.2, 0) is 16.1 Å². The van der Waals surface area contributed by atoms with E-state index in [2.05, 4.69) is 11.8 Å². The lowest BCUT2D eigenvalue weighted by Crippen LogP contribution is -1.99. The highest BCUT2D eigenvalue weighted by Crippen LogP contribution is 2.05. The number of hydrogen-bond donors (Lipinski definition) is 1. The van der Waals surface area contributed by atoms with Crippen molar-refractivity contribution in [1.29, 1.82) is 0 Å². The van der Waals surface area contributed by atoms with Crippen LogP contribution in [0.2, 0.25) is 0 Å². The van der Waals surface area contributed by atoms with E-state index in [-0.39, 0.29) is 6.61 Å². The first kappa shape index (κ1) is 13.7. The van der Waals surface area contributed by atoms with Crippen molar-refractivity contribution in [2.45, 2.75) is 13.0 Å². The van der Waals surface area contributed by atoms with Crippen molar-refractivity contribution >= 4 is 0 Å². The Morgan fingerprint density at radius 3 is 2.94 bits per heavy atom. The lowest BCUT2D eigenvalue weighted by Gasteiger charge is -2.04. The monoisotopic (exact) mass is 234 g/mol. The van der Waals surface area contributed by atoms with E-state index in [1.165, 1.54) is 0 Å². The fourth-order valence-electron chi connectivity index (χ4n) is 1.38. The second kappa shape index (κ2) is 8.77.